The van der Waals surface area contributed by atoms with Crippen molar-refractivity contribution in [2.75, 3.05) is 11.1 Å². The van der Waals surface area contributed by atoms with Crippen molar-refractivity contribution in [2.45, 2.75) is 4.90 Å². The monoisotopic (exact) mass is 586 g/mol. The number of nitrogens with one attached hydrogen (secondary N) is 2. The lowest BCUT2D eigenvalue weighted by Crippen LogP contribution is -2.30. The zero-order chi connectivity index (χ0) is 30.0. The molecule has 0 saturated heterocycles. The summed E-state index contributed by atoms with van der Waals surface area (Å²) in [6, 6.07) is 38.8. The summed E-state index contributed by atoms with van der Waals surface area (Å²) in [5.74, 6) is -1.10. The fraction of sp³-hybridized carbons (Fsp3) is 0.0278. The van der Waals surface area contributed by atoms with Gasteiger partial charge in [-0.25, -0.2) is 4.39 Å². The molecule has 0 bridgehead atoms. The number of amides is 2. The van der Waals surface area contributed by atoms with Gasteiger partial charge in [0.1, 0.15) is 11.5 Å². The molecule has 2 amide bonds. The Balaban J connectivity index is 1.21. The number of hydrogen-bond acceptors (Lipinski definition) is 4. The minimum Gasteiger partial charge on any atom is -0.321 e. The van der Waals surface area contributed by atoms with Crippen LogP contribution in [0.2, 0.25) is 0 Å². The number of anilines is 1. The first-order chi connectivity index (χ1) is 20.9. The minimum atomic E-state index is -0.539. The number of rotatable bonds is 10. The molecule has 0 spiro atoms. The summed E-state index contributed by atoms with van der Waals surface area (Å²) in [5, 5.41) is 5.46. The molecule has 5 aromatic carbocycles. The zero-order valence-corrected chi connectivity index (χ0v) is 23.8. The Labute approximate surface area is 253 Å². The molecule has 0 heterocycles. The molecule has 0 unspecified atom stereocenters. The summed E-state index contributed by atoms with van der Waals surface area (Å²) in [6.07, 6.45) is 1.48. The Kier molecular flexibility index (Phi) is 9.56. The van der Waals surface area contributed by atoms with E-state index in [9.17, 15) is 18.8 Å². The van der Waals surface area contributed by atoms with Gasteiger partial charge >= 0.3 is 0 Å². The molecule has 5 nitrogen and oxygen atoms in total. The number of hydrogen-bond donors (Lipinski definition) is 2. The predicted octanol–water partition coefficient (Wildman–Crippen LogP) is 7.88. The second-order valence-corrected chi connectivity index (χ2v) is 10.6. The highest BCUT2D eigenvalue weighted by atomic mass is 32.2. The standard InChI is InChI=1S/C36H27FN2O3S/c37-30-17-11-25(12-18-30)23-33(39-35(41)29-9-5-2-6-10-29)36(42)38-31-19-21-32(22-20-31)43-24-34(40)28-15-13-27(14-16-28)26-7-3-1-4-8-26/h1-23H,24H2,(H,38,42)(H,39,41)/b33-23-. The van der Waals surface area contributed by atoms with Crippen molar-refractivity contribution in [3.8, 4) is 11.1 Å². The van der Waals surface area contributed by atoms with Crippen molar-refractivity contribution in [3.05, 3.63) is 162 Å². The maximum atomic E-state index is 13.4. The molecular weight excluding hydrogens is 559 g/mol. The highest BCUT2D eigenvalue weighted by Gasteiger charge is 2.15. The van der Waals surface area contributed by atoms with Gasteiger partial charge in [0.05, 0.1) is 5.75 Å². The lowest BCUT2D eigenvalue weighted by atomic mass is 10.0. The minimum absolute atomic E-state index is 0.00259. The smallest absolute Gasteiger partial charge is 0.272 e. The molecule has 5 rings (SSSR count). The van der Waals surface area contributed by atoms with Crippen LogP contribution in [-0.2, 0) is 4.79 Å². The Hall–Kier alpha value is -5.27. The van der Waals surface area contributed by atoms with Gasteiger partial charge < -0.3 is 10.6 Å². The maximum absolute atomic E-state index is 13.4. The Bertz CT molecular complexity index is 1740. The Morgan fingerprint density at radius 2 is 1.26 bits per heavy atom. The topological polar surface area (TPSA) is 75.3 Å². The zero-order valence-electron chi connectivity index (χ0n) is 23.0. The van der Waals surface area contributed by atoms with Crippen molar-refractivity contribution in [1.82, 2.24) is 5.32 Å². The number of carbonyl (C=O) groups is 3. The number of carbonyl (C=O) groups excluding carboxylic acids is 3. The molecule has 7 heteroatoms. The van der Waals surface area contributed by atoms with Crippen LogP contribution in [0.25, 0.3) is 17.2 Å². The van der Waals surface area contributed by atoms with Crippen molar-refractivity contribution < 1.29 is 18.8 Å². The van der Waals surface area contributed by atoms with Gasteiger partial charge in [0.2, 0.25) is 0 Å². The highest BCUT2D eigenvalue weighted by molar-refractivity contribution is 8.00. The van der Waals surface area contributed by atoms with Crippen LogP contribution in [0.3, 0.4) is 0 Å². The summed E-state index contributed by atoms with van der Waals surface area (Å²) < 4.78 is 13.4. The summed E-state index contributed by atoms with van der Waals surface area (Å²) in [6.45, 7) is 0. The highest BCUT2D eigenvalue weighted by Crippen LogP contribution is 2.24. The van der Waals surface area contributed by atoms with E-state index in [-0.39, 0.29) is 17.2 Å². The van der Waals surface area contributed by atoms with Crippen LogP contribution in [0.5, 0.6) is 0 Å². The SMILES string of the molecule is O=C(Nc1ccc(SCC(=O)c2ccc(-c3ccccc3)cc2)cc1)/C(=C/c1ccc(F)cc1)NC(=O)c1ccccc1. The summed E-state index contributed by atoms with van der Waals surface area (Å²) in [7, 11) is 0. The third-order valence-electron chi connectivity index (χ3n) is 6.51. The predicted molar refractivity (Wildman–Crippen MR) is 170 cm³/mol. The average molecular weight is 587 g/mol. The molecule has 0 aromatic heterocycles. The van der Waals surface area contributed by atoms with Gasteiger partial charge in [-0.15, -0.1) is 11.8 Å². The number of Topliss-reactive ketones (excluding diaryl/α,β-unsaturated/α-hetero) is 1. The van der Waals surface area contributed by atoms with E-state index >= 15 is 0 Å². The third kappa shape index (κ3) is 8.15. The Morgan fingerprint density at radius 3 is 1.91 bits per heavy atom. The first kappa shape index (κ1) is 29.2. The normalized spacial score (nSPS) is 11.0. The van der Waals surface area contributed by atoms with E-state index in [1.54, 1.807) is 42.5 Å². The van der Waals surface area contributed by atoms with Crippen molar-refractivity contribution in [1.29, 1.82) is 0 Å². The molecule has 0 saturated carbocycles. The van der Waals surface area contributed by atoms with E-state index in [1.807, 2.05) is 66.7 Å². The second-order valence-electron chi connectivity index (χ2n) is 9.56. The molecule has 0 radical (unpaired) electrons. The fourth-order valence-electron chi connectivity index (χ4n) is 4.21. The van der Waals surface area contributed by atoms with Gasteiger partial charge in [-0.2, -0.15) is 0 Å². The number of benzene rings is 5. The molecule has 0 fully saturated rings. The van der Waals surface area contributed by atoms with Gasteiger partial charge in [0, 0.05) is 21.7 Å². The number of halogens is 1. The molecule has 0 aliphatic carbocycles. The first-order valence-corrected chi connectivity index (χ1v) is 14.5. The fourth-order valence-corrected chi connectivity index (χ4v) is 5.01. The van der Waals surface area contributed by atoms with Gasteiger partial charge in [-0.3, -0.25) is 14.4 Å². The van der Waals surface area contributed by atoms with Gasteiger partial charge in [-0.1, -0.05) is 84.9 Å². The number of ketones is 1. The van der Waals surface area contributed by atoms with Gasteiger partial charge in [0.15, 0.2) is 5.78 Å². The lowest BCUT2D eigenvalue weighted by molar-refractivity contribution is -0.113. The molecule has 5 aromatic rings. The van der Waals surface area contributed by atoms with Crippen LogP contribution in [-0.4, -0.2) is 23.4 Å². The second kappa shape index (κ2) is 14.1. The van der Waals surface area contributed by atoms with E-state index in [4.69, 9.17) is 0 Å². The first-order valence-electron chi connectivity index (χ1n) is 13.5. The molecule has 43 heavy (non-hydrogen) atoms. The van der Waals surface area contributed by atoms with Crippen LogP contribution in [0.15, 0.2) is 144 Å². The van der Waals surface area contributed by atoms with E-state index in [0.29, 0.717) is 22.4 Å². The molecular formula is C36H27FN2O3S. The molecule has 0 atom stereocenters. The summed E-state index contributed by atoms with van der Waals surface area (Å²) in [5.41, 5.74) is 4.25. The molecule has 212 valence electrons. The van der Waals surface area contributed by atoms with Crippen molar-refractivity contribution in [2.24, 2.45) is 0 Å². The molecule has 0 aliphatic heterocycles. The largest absolute Gasteiger partial charge is 0.321 e. The maximum Gasteiger partial charge on any atom is 0.272 e. The van der Waals surface area contributed by atoms with E-state index in [0.717, 1.165) is 16.0 Å². The molecule has 0 aliphatic rings. The summed E-state index contributed by atoms with van der Waals surface area (Å²) >= 11 is 1.41. The van der Waals surface area contributed by atoms with Crippen LogP contribution in [0.4, 0.5) is 10.1 Å². The third-order valence-corrected chi connectivity index (χ3v) is 7.52. The Morgan fingerprint density at radius 1 is 0.651 bits per heavy atom. The lowest BCUT2D eigenvalue weighted by Gasteiger charge is -2.12. The average Bonchev–Trinajstić information content (AvgIpc) is 3.05. The van der Waals surface area contributed by atoms with Crippen LogP contribution in [0, 0.1) is 5.82 Å². The quantitative estimate of drug-likeness (QED) is 0.0992. The van der Waals surface area contributed by atoms with Crippen LogP contribution >= 0.6 is 11.8 Å². The van der Waals surface area contributed by atoms with Crippen LogP contribution < -0.4 is 10.6 Å². The van der Waals surface area contributed by atoms with E-state index in [1.165, 1.54) is 42.1 Å². The van der Waals surface area contributed by atoms with Gasteiger partial charge in [-0.05, 0) is 71.3 Å². The van der Waals surface area contributed by atoms with Gasteiger partial charge in [0.25, 0.3) is 11.8 Å². The van der Waals surface area contributed by atoms with Crippen LogP contribution in [0.1, 0.15) is 26.3 Å². The van der Waals surface area contributed by atoms with Crippen molar-refractivity contribution in [3.63, 3.8) is 0 Å². The number of thioether (sulfide) groups is 1. The molecule has 2 N–H and O–H groups in total. The van der Waals surface area contributed by atoms with E-state index in [2.05, 4.69) is 10.6 Å². The van der Waals surface area contributed by atoms with Crippen molar-refractivity contribution >= 4 is 41.1 Å². The van der Waals surface area contributed by atoms with E-state index < -0.39 is 17.6 Å². The summed E-state index contributed by atoms with van der Waals surface area (Å²) in [4.78, 5) is 39.6.